The number of hydrogen-bond acceptors (Lipinski definition) is 6. The van der Waals surface area contributed by atoms with E-state index in [1.165, 1.54) is 19.2 Å². The number of thioether (sulfide) groups is 1. The fourth-order valence-corrected chi connectivity index (χ4v) is 4.26. The summed E-state index contributed by atoms with van der Waals surface area (Å²) in [4.78, 5) is 12.5. The molecule has 32 heavy (non-hydrogen) atoms. The molecule has 0 radical (unpaired) electrons. The van der Waals surface area contributed by atoms with E-state index in [0.29, 0.717) is 22.8 Å². The Hall–Kier alpha value is -2.94. The van der Waals surface area contributed by atoms with E-state index in [2.05, 4.69) is 11.2 Å². The van der Waals surface area contributed by atoms with Gasteiger partial charge in [0.25, 0.3) is 0 Å². The van der Waals surface area contributed by atoms with Crippen molar-refractivity contribution in [2.45, 2.75) is 42.2 Å². The second-order valence-corrected chi connectivity index (χ2v) is 8.42. The van der Waals surface area contributed by atoms with Crippen molar-refractivity contribution in [2.75, 3.05) is 7.11 Å². The van der Waals surface area contributed by atoms with Crippen molar-refractivity contribution < 1.29 is 32.0 Å². The number of esters is 1. The third kappa shape index (κ3) is 5.27. The van der Waals surface area contributed by atoms with E-state index in [0.717, 1.165) is 41.2 Å². The summed E-state index contributed by atoms with van der Waals surface area (Å²) in [5.74, 6) is 1.47. The number of benzene rings is 2. The van der Waals surface area contributed by atoms with Gasteiger partial charge in [0.15, 0.2) is 5.76 Å². The van der Waals surface area contributed by atoms with Crippen molar-refractivity contribution in [1.29, 1.82) is 0 Å². The predicted octanol–water partition coefficient (Wildman–Crippen LogP) is 5.91. The number of halogens is 3. The normalized spacial score (nSPS) is 15.7. The van der Waals surface area contributed by atoms with Crippen LogP contribution in [0.5, 0.6) is 5.75 Å². The number of alkyl halides is 3. The molecule has 0 spiro atoms. The van der Waals surface area contributed by atoms with Gasteiger partial charge in [-0.15, -0.1) is 11.8 Å². The fourth-order valence-electron chi connectivity index (χ4n) is 3.42. The Morgan fingerprint density at radius 3 is 2.69 bits per heavy atom. The molecule has 9 heteroatoms. The lowest BCUT2D eigenvalue weighted by Crippen LogP contribution is -2.26. The molecule has 1 unspecified atom stereocenters. The van der Waals surface area contributed by atoms with Crippen LogP contribution in [-0.2, 0) is 27.9 Å². The van der Waals surface area contributed by atoms with Crippen molar-refractivity contribution >= 4 is 17.7 Å². The predicted molar refractivity (Wildman–Crippen MR) is 112 cm³/mol. The number of methoxy groups -OCH3 is 1. The molecule has 3 aromatic rings. The molecule has 1 aliphatic rings. The van der Waals surface area contributed by atoms with Crippen LogP contribution in [-0.4, -0.2) is 24.3 Å². The second-order valence-electron chi connectivity index (χ2n) is 7.37. The number of carbonyl (C=O) groups is 1. The number of hydrogen-bond donors (Lipinski definition) is 0. The maximum atomic E-state index is 12.7. The van der Waals surface area contributed by atoms with Crippen molar-refractivity contribution in [3.63, 3.8) is 0 Å². The molecule has 168 valence electrons. The zero-order valence-corrected chi connectivity index (χ0v) is 18.0. The zero-order chi connectivity index (χ0) is 22.7. The first-order valence-corrected chi connectivity index (χ1v) is 10.9. The lowest BCUT2D eigenvalue weighted by molar-refractivity contribution is -0.142. The van der Waals surface area contributed by atoms with Gasteiger partial charge in [0.2, 0.25) is 0 Å². The number of carbonyl (C=O) groups excluding carboxylic acids is 1. The van der Waals surface area contributed by atoms with Crippen LogP contribution >= 0.6 is 11.8 Å². The Bertz CT molecular complexity index is 1100. The second kappa shape index (κ2) is 9.28. The first-order chi connectivity index (χ1) is 15.3. The topological polar surface area (TPSA) is 61.6 Å². The van der Waals surface area contributed by atoms with Crippen molar-refractivity contribution in [1.82, 2.24) is 5.16 Å². The van der Waals surface area contributed by atoms with Gasteiger partial charge in [-0.25, -0.2) is 0 Å². The van der Waals surface area contributed by atoms with Gasteiger partial charge < -0.3 is 14.0 Å². The van der Waals surface area contributed by atoms with Crippen LogP contribution in [0.2, 0.25) is 0 Å². The fraction of sp³-hybridized carbons (Fsp3) is 0.304. The minimum absolute atomic E-state index is 0.174. The Labute approximate surface area is 186 Å². The van der Waals surface area contributed by atoms with Crippen LogP contribution < -0.4 is 4.74 Å². The van der Waals surface area contributed by atoms with Gasteiger partial charge in [-0.2, -0.15) is 13.2 Å². The number of rotatable bonds is 6. The van der Waals surface area contributed by atoms with Crippen LogP contribution in [0.25, 0.3) is 11.3 Å². The third-order valence-corrected chi connectivity index (χ3v) is 6.15. The maximum absolute atomic E-state index is 12.7. The SMILES string of the molecule is COC(=O)CC1CCc2cc(SCc3cc(-c4ccc(C(F)(F)F)cc4)on3)ccc2O1. The minimum atomic E-state index is -4.37. The molecule has 0 aliphatic carbocycles. The molecule has 0 saturated heterocycles. The molecule has 1 aromatic heterocycles. The molecule has 1 atom stereocenters. The summed E-state index contributed by atoms with van der Waals surface area (Å²) in [6.07, 6.45) is -2.75. The van der Waals surface area contributed by atoms with Gasteiger partial charge in [-0.3, -0.25) is 4.79 Å². The molecule has 0 fully saturated rings. The van der Waals surface area contributed by atoms with E-state index in [4.69, 9.17) is 14.0 Å². The number of aryl methyl sites for hydroxylation is 1. The Balaban J connectivity index is 1.36. The molecule has 0 amide bonds. The smallest absolute Gasteiger partial charge is 0.416 e. The summed E-state index contributed by atoms with van der Waals surface area (Å²) < 4.78 is 54.0. The first-order valence-electron chi connectivity index (χ1n) is 9.94. The molecule has 1 aliphatic heterocycles. The van der Waals surface area contributed by atoms with E-state index in [1.54, 1.807) is 17.8 Å². The van der Waals surface area contributed by atoms with Crippen molar-refractivity contribution in [2.24, 2.45) is 0 Å². The highest BCUT2D eigenvalue weighted by molar-refractivity contribution is 7.98. The lowest BCUT2D eigenvalue weighted by Gasteiger charge is -2.25. The number of ether oxygens (including phenoxy) is 2. The molecular weight excluding hydrogens is 443 g/mol. The summed E-state index contributed by atoms with van der Waals surface area (Å²) in [6, 6.07) is 12.4. The van der Waals surface area contributed by atoms with E-state index in [1.807, 2.05) is 12.1 Å². The summed E-state index contributed by atoms with van der Waals surface area (Å²) in [6.45, 7) is 0. The molecule has 0 saturated carbocycles. The van der Waals surface area contributed by atoms with Gasteiger partial charge in [-0.1, -0.05) is 17.3 Å². The molecular formula is C23H20F3NO4S. The quantitative estimate of drug-likeness (QED) is 0.335. The third-order valence-electron chi connectivity index (χ3n) is 5.13. The number of aromatic nitrogens is 1. The highest BCUT2D eigenvalue weighted by Crippen LogP contribution is 2.34. The highest BCUT2D eigenvalue weighted by atomic mass is 32.2. The van der Waals surface area contributed by atoms with Gasteiger partial charge in [0.1, 0.15) is 11.9 Å². The molecule has 4 rings (SSSR count). The summed E-state index contributed by atoms with van der Waals surface area (Å²) in [5, 5.41) is 4.03. The van der Waals surface area contributed by atoms with Gasteiger partial charge >= 0.3 is 12.1 Å². The minimum Gasteiger partial charge on any atom is -0.490 e. The molecule has 2 aromatic carbocycles. The Morgan fingerprint density at radius 2 is 1.97 bits per heavy atom. The maximum Gasteiger partial charge on any atom is 0.416 e. The highest BCUT2D eigenvalue weighted by Gasteiger charge is 2.30. The van der Waals surface area contributed by atoms with E-state index < -0.39 is 11.7 Å². The number of nitrogens with zero attached hydrogens (tertiary/aromatic N) is 1. The zero-order valence-electron chi connectivity index (χ0n) is 17.1. The van der Waals surface area contributed by atoms with E-state index in [-0.39, 0.29) is 18.5 Å². The standard InChI is InChI=1S/C23H20F3NO4S/c1-29-22(28)12-18-7-4-15-10-19(8-9-20(15)30-18)32-13-17-11-21(31-27-17)14-2-5-16(6-3-14)23(24,25)26/h2-3,5-6,8-11,18H,4,7,12-13H2,1H3. The van der Waals surface area contributed by atoms with Gasteiger partial charge in [0.05, 0.1) is 24.8 Å². The van der Waals surface area contributed by atoms with Gasteiger partial charge in [-0.05, 0) is 48.7 Å². The largest absolute Gasteiger partial charge is 0.490 e. The van der Waals surface area contributed by atoms with Crippen LogP contribution in [0.3, 0.4) is 0 Å². The van der Waals surface area contributed by atoms with Crippen LogP contribution in [0.1, 0.15) is 29.7 Å². The Morgan fingerprint density at radius 1 is 1.19 bits per heavy atom. The van der Waals surface area contributed by atoms with E-state index in [9.17, 15) is 18.0 Å². The Kier molecular flexibility index (Phi) is 6.45. The first kappa shape index (κ1) is 22.3. The summed E-state index contributed by atoms with van der Waals surface area (Å²) in [7, 11) is 1.37. The molecule has 0 N–H and O–H groups in total. The number of fused-ring (bicyclic) bond motifs is 1. The lowest BCUT2D eigenvalue weighted by atomic mass is 10.0. The summed E-state index contributed by atoms with van der Waals surface area (Å²) in [5.41, 5.74) is 1.61. The average Bonchev–Trinajstić information content (AvgIpc) is 3.26. The van der Waals surface area contributed by atoms with Crippen LogP contribution in [0, 0.1) is 0 Å². The average molecular weight is 463 g/mol. The molecule has 2 heterocycles. The monoisotopic (exact) mass is 463 g/mol. The summed E-state index contributed by atoms with van der Waals surface area (Å²) >= 11 is 1.57. The van der Waals surface area contributed by atoms with Gasteiger partial charge in [0, 0.05) is 22.3 Å². The molecule has 0 bridgehead atoms. The van der Waals surface area contributed by atoms with Crippen LogP contribution in [0.4, 0.5) is 13.2 Å². The van der Waals surface area contributed by atoms with E-state index >= 15 is 0 Å². The van der Waals surface area contributed by atoms with Crippen molar-refractivity contribution in [3.05, 3.63) is 65.4 Å². The van der Waals surface area contributed by atoms with Crippen molar-refractivity contribution in [3.8, 4) is 17.1 Å². The molecule has 5 nitrogen and oxygen atoms in total. The van der Waals surface area contributed by atoms with Crippen LogP contribution in [0.15, 0.2) is 57.9 Å².